The molecule has 2 rings (SSSR count). The Morgan fingerprint density at radius 3 is 2.67 bits per heavy atom. The summed E-state index contributed by atoms with van der Waals surface area (Å²) in [5, 5.41) is 2.95. The van der Waals surface area contributed by atoms with Gasteiger partial charge in [-0.25, -0.2) is 0 Å². The minimum absolute atomic E-state index is 0.0247. The molecule has 1 aliphatic rings. The van der Waals surface area contributed by atoms with Crippen molar-refractivity contribution in [3.8, 4) is 5.75 Å². The van der Waals surface area contributed by atoms with Crippen molar-refractivity contribution in [2.75, 3.05) is 58.4 Å². The predicted octanol–water partition coefficient (Wildman–Crippen LogP) is 1.68. The fourth-order valence-electron chi connectivity index (χ4n) is 2.96. The molecule has 1 saturated heterocycles. The van der Waals surface area contributed by atoms with Crippen LogP contribution in [0.1, 0.15) is 13.8 Å². The standard InChI is InChI=1S/C18H29N3O3/c1-4-24-17-7-5-16(6-8-17)19-18(22)14-20-9-10-21(11-12-23-3)15(2)13-20/h5-8,15H,4,9-14H2,1-3H3,(H,19,22). The summed E-state index contributed by atoms with van der Waals surface area (Å²) in [6.45, 7) is 9.70. The smallest absolute Gasteiger partial charge is 0.238 e. The van der Waals surface area contributed by atoms with E-state index in [-0.39, 0.29) is 5.91 Å². The van der Waals surface area contributed by atoms with Crippen LogP contribution in [0.3, 0.4) is 0 Å². The van der Waals surface area contributed by atoms with Crippen LogP contribution in [0, 0.1) is 0 Å². The largest absolute Gasteiger partial charge is 0.494 e. The van der Waals surface area contributed by atoms with E-state index in [1.54, 1.807) is 7.11 Å². The molecular formula is C18H29N3O3. The molecule has 6 heteroatoms. The highest BCUT2D eigenvalue weighted by molar-refractivity contribution is 5.92. The molecule has 1 atom stereocenters. The fourth-order valence-corrected chi connectivity index (χ4v) is 2.96. The minimum Gasteiger partial charge on any atom is -0.494 e. The van der Waals surface area contributed by atoms with Crippen molar-refractivity contribution in [2.24, 2.45) is 0 Å². The minimum atomic E-state index is 0.0247. The number of hydrogen-bond donors (Lipinski definition) is 1. The summed E-state index contributed by atoms with van der Waals surface area (Å²) >= 11 is 0. The molecule has 1 N–H and O–H groups in total. The van der Waals surface area contributed by atoms with Gasteiger partial charge in [-0.2, -0.15) is 0 Å². The third-order valence-electron chi connectivity index (χ3n) is 4.25. The van der Waals surface area contributed by atoms with Crippen LogP contribution < -0.4 is 10.1 Å². The van der Waals surface area contributed by atoms with Crippen LogP contribution in [0.2, 0.25) is 0 Å². The average Bonchev–Trinajstić information content (AvgIpc) is 2.56. The molecule has 0 aromatic heterocycles. The van der Waals surface area contributed by atoms with Crippen LogP contribution in [0.15, 0.2) is 24.3 Å². The van der Waals surface area contributed by atoms with E-state index >= 15 is 0 Å². The van der Waals surface area contributed by atoms with Crippen molar-refractivity contribution in [2.45, 2.75) is 19.9 Å². The Morgan fingerprint density at radius 1 is 1.29 bits per heavy atom. The average molecular weight is 335 g/mol. The molecule has 0 bridgehead atoms. The number of piperazine rings is 1. The van der Waals surface area contributed by atoms with Gasteiger partial charge in [0, 0.05) is 45.0 Å². The van der Waals surface area contributed by atoms with E-state index in [9.17, 15) is 4.79 Å². The van der Waals surface area contributed by atoms with Gasteiger partial charge in [0.2, 0.25) is 5.91 Å². The topological polar surface area (TPSA) is 54.0 Å². The first-order valence-electron chi connectivity index (χ1n) is 8.60. The number of benzene rings is 1. The van der Waals surface area contributed by atoms with Crippen molar-refractivity contribution < 1.29 is 14.3 Å². The van der Waals surface area contributed by atoms with E-state index in [2.05, 4.69) is 22.0 Å². The van der Waals surface area contributed by atoms with Gasteiger partial charge in [-0.15, -0.1) is 0 Å². The quantitative estimate of drug-likeness (QED) is 0.783. The zero-order valence-corrected chi connectivity index (χ0v) is 15.0. The van der Waals surface area contributed by atoms with Gasteiger partial charge in [-0.3, -0.25) is 14.6 Å². The number of ether oxygens (including phenoxy) is 2. The van der Waals surface area contributed by atoms with E-state index in [1.165, 1.54) is 0 Å². The number of methoxy groups -OCH3 is 1. The Balaban J connectivity index is 1.76. The van der Waals surface area contributed by atoms with Gasteiger partial charge in [0.1, 0.15) is 5.75 Å². The van der Waals surface area contributed by atoms with Gasteiger partial charge >= 0.3 is 0 Å². The molecule has 24 heavy (non-hydrogen) atoms. The molecular weight excluding hydrogens is 306 g/mol. The molecule has 1 aromatic rings. The monoisotopic (exact) mass is 335 g/mol. The highest BCUT2D eigenvalue weighted by atomic mass is 16.5. The Morgan fingerprint density at radius 2 is 2.04 bits per heavy atom. The highest BCUT2D eigenvalue weighted by Gasteiger charge is 2.24. The van der Waals surface area contributed by atoms with Crippen LogP contribution >= 0.6 is 0 Å². The maximum absolute atomic E-state index is 12.2. The predicted molar refractivity (Wildman–Crippen MR) is 95.6 cm³/mol. The number of nitrogens with one attached hydrogen (secondary N) is 1. The first-order valence-corrected chi connectivity index (χ1v) is 8.60. The van der Waals surface area contributed by atoms with Gasteiger partial charge < -0.3 is 14.8 Å². The van der Waals surface area contributed by atoms with E-state index < -0.39 is 0 Å². The van der Waals surface area contributed by atoms with Crippen molar-refractivity contribution >= 4 is 11.6 Å². The molecule has 1 heterocycles. The van der Waals surface area contributed by atoms with Gasteiger partial charge in [0.05, 0.1) is 19.8 Å². The highest BCUT2D eigenvalue weighted by Crippen LogP contribution is 2.16. The lowest BCUT2D eigenvalue weighted by molar-refractivity contribution is -0.118. The summed E-state index contributed by atoms with van der Waals surface area (Å²) in [6.07, 6.45) is 0. The van der Waals surface area contributed by atoms with E-state index in [1.807, 2.05) is 31.2 Å². The van der Waals surface area contributed by atoms with Gasteiger partial charge in [-0.05, 0) is 38.1 Å². The molecule has 1 amide bonds. The van der Waals surface area contributed by atoms with Crippen molar-refractivity contribution in [1.29, 1.82) is 0 Å². The summed E-state index contributed by atoms with van der Waals surface area (Å²) < 4.78 is 10.5. The molecule has 0 radical (unpaired) electrons. The number of anilines is 1. The molecule has 1 fully saturated rings. The fraction of sp³-hybridized carbons (Fsp3) is 0.611. The summed E-state index contributed by atoms with van der Waals surface area (Å²) in [5.41, 5.74) is 0.801. The first kappa shape index (κ1) is 18.7. The van der Waals surface area contributed by atoms with Crippen LogP contribution in [0.25, 0.3) is 0 Å². The second kappa shape index (κ2) is 9.61. The third-order valence-corrected chi connectivity index (χ3v) is 4.25. The number of hydrogen-bond acceptors (Lipinski definition) is 5. The number of nitrogens with zero attached hydrogens (tertiary/aromatic N) is 2. The Bertz CT molecular complexity index is 507. The number of carbonyl (C=O) groups is 1. The molecule has 1 unspecified atom stereocenters. The second-order valence-electron chi connectivity index (χ2n) is 6.12. The van der Waals surface area contributed by atoms with Gasteiger partial charge in [-0.1, -0.05) is 0 Å². The van der Waals surface area contributed by atoms with E-state index in [0.717, 1.165) is 44.2 Å². The molecule has 0 saturated carbocycles. The maximum Gasteiger partial charge on any atom is 0.238 e. The SMILES string of the molecule is CCOc1ccc(NC(=O)CN2CCN(CCOC)C(C)C2)cc1. The summed E-state index contributed by atoms with van der Waals surface area (Å²) in [6, 6.07) is 7.92. The zero-order chi connectivity index (χ0) is 17.4. The molecule has 1 aromatic carbocycles. The summed E-state index contributed by atoms with van der Waals surface area (Å²) in [4.78, 5) is 16.8. The van der Waals surface area contributed by atoms with E-state index in [4.69, 9.17) is 9.47 Å². The maximum atomic E-state index is 12.2. The summed E-state index contributed by atoms with van der Waals surface area (Å²) in [5.74, 6) is 0.841. The lowest BCUT2D eigenvalue weighted by Gasteiger charge is -2.39. The number of rotatable bonds is 8. The Labute approximate surface area is 144 Å². The number of carbonyl (C=O) groups excluding carboxylic acids is 1. The molecule has 1 aliphatic heterocycles. The first-order chi connectivity index (χ1) is 11.6. The van der Waals surface area contributed by atoms with E-state index in [0.29, 0.717) is 19.2 Å². The number of amides is 1. The second-order valence-corrected chi connectivity index (χ2v) is 6.12. The Kier molecular flexibility index (Phi) is 7.49. The van der Waals surface area contributed by atoms with Crippen LogP contribution in [-0.2, 0) is 9.53 Å². The van der Waals surface area contributed by atoms with Gasteiger partial charge in [0.15, 0.2) is 0 Å². The summed E-state index contributed by atoms with van der Waals surface area (Å²) in [7, 11) is 1.73. The lowest BCUT2D eigenvalue weighted by Crippen LogP contribution is -2.54. The van der Waals surface area contributed by atoms with Crippen molar-refractivity contribution in [3.05, 3.63) is 24.3 Å². The van der Waals surface area contributed by atoms with Crippen molar-refractivity contribution in [3.63, 3.8) is 0 Å². The zero-order valence-electron chi connectivity index (χ0n) is 15.0. The normalized spacial score (nSPS) is 19.2. The molecule has 6 nitrogen and oxygen atoms in total. The lowest BCUT2D eigenvalue weighted by atomic mass is 10.2. The molecule has 134 valence electrons. The third kappa shape index (κ3) is 5.78. The van der Waals surface area contributed by atoms with Gasteiger partial charge in [0.25, 0.3) is 0 Å². The molecule has 0 aliphatic carbocycles. The van der Waals surface area contributed by atoms with Crippen LogP contribution in [0.4, 0.5) is 5.69 Å². The van der Waals surface area contributed by atoms with Crippen molar-refractivity contribution in [1.82, 2.24) is 9.80 Å². The van der Waals surface area contributed by atoms with Crippen LogP contribution in [0.5, 0.6) is 5.75 Å². The Hall–Kier alpha value is -1.63. The van der Waals surface area contributed by atoms with Crippen LogP contribution in [-0.4, -0.2) is 74.8 Å². The molecule has 0 spiro atoms.